The Labute approximate surface area is 242 Å². The lowest BCUT2D eigenvalue weighted by molar-refractivity contribution is -0.149. The fraction of sp³-hybridized carbons (Fsp3) is 0.393. The second-order valence-corrected chi connectivity index (χ2v) is 13.6. The molecule has 0 aliphatic carbocycles. The Kier molecular flexibility index (Phi) is 8.46. The summed E-state index contributed by atoms with van der Waals surface area (Å²) in [5.41, 5.74) is 1.67. The standard InChI is InChI=1S/C28H31ClN4O5S2/c1-2-38-28(35)21-9-11-31(12-10-21)27(30)20-5-3-19(4-6-20)17-32-13-14-33(18-25(32)34)40(36,37)26-15-22-7-8-23(29)16-24(22)39-26/h3-8,15-16,21,30H,2,9-14,17-18H2,1H3. The highest BCUT2D eigenvalue weighted by Crippen LogP contribution is 2.33. The second kappa shape index (κ2) is 11.9. The van der Waals surface area contributed by atoms with Gasteiger partial charge in [0, 0.05) is 48.0 Å². The number of thiophene rings is 1. The number of carbonyl (C=O) groups is 2. The number of amidine groups is 1. The predicted octanol–water partition coefficient (Wildman–Crippen LogP) is 4.19. The van der Waals surface area contributed by atoms with Crippen LogP contribution in [0.3, 0.4) is 0 Å². The number of fused-ring (bicyclic) bond motifs is 1. The van der Waals surface area contributed by atoms with Crippen molar-refractivity contribution < 1.29 is 22.7 Å². The molecule has 0 bridgehead atoms. The number of benzene rings is 2. The Morgan fingerprint density at radius 3 is 2.48 bits per heavy atom. The van der Waals surface area contributed by atoms with Crippen molar-refractivity contribution in [2.45, 2.75) is 30.5 Å². The zero-order valence-electron chi connectivity index (χ0n) is 22.1. The number of sulfonamides is 1. The van der Waals surface area contributed by atoms with Crippen LogP contribution >= 0.6 is 22.9 Å². The molecule has 3 aromatic rings. The average Bonchev–Trinajstić information content (AvgIpc) is 3.38. The van der Waals surface area contributed by atoms with Crippen LogP contribution in [0.5, 0.6) is 0 Å². The molecule has 2 aliphatic rings. The highest BCUT2D eigenvalue weighted by atomic mass is 35.5. The predicted molar refractivity (Wildman–Crippen MR) is 155 cm³/mol. The van der Waals surface area contributed by atoms with Crippen LogP contribution < -0.4 is 0 Å². The van der Waals surface area contributed by atoms with E-state index in [1.807, 2.05) is 29.2 Å². The molecule has 212 valence electrons. The maximum absolute atomic E-state index is 13.3. The van der Waals surface area contributed by atoms with Crippen molar-refractivity contribution in [3.8, 4) is 0 Å². The molecule has 0 spiro atoms. The van der Waals surface area contributed by atoms with Crippen molar-refractivity contribution in [3.63, 3.8) is 0 Å². The zero-order chi connectivity index (χ0) is 28.4. The van der Waals surface area contributed by atoms with Crippen molar-refractivity contribution in [2.75, 3.05) is 39.3 Å². The molecular formula is C28H31ClN4O5S2. The third kappa shape index (κ3) is 6.02. The molecule has 2 aromatic carbocycles. The summed E-state index contributed by atoms with van der Waals surface area (Å²) in [6.45, 7) is 4.10. The van der Waals surface area contributed by atoms with E-state index in [0.29, 0.717) is 56.5 Å². The zero-order valence-corrected chi connectivity index (χ0v) is 24.5. The molecule has 2 saturated heterocycles. The average molecular weight is 603 g/mol. The lowest BCUT2D eigenvalue weighted by Gasteiger charge is -2.33. The van der Waals surface area contributed by atoms with Gasteiger partial charge in [0.2, 0.25) is 5.91 Å². The van der Waals surface area contributed by atoms with Gasteiger partial charge in [-0.25, -0.2) is 8.42 Å². The Hall–Kier alpha value is -2.99. The number of piperazine rings is 1. The highest BCUT2D eigenvalue weighted by molar-refractivity contribution is 7.91. The first-order valence-electron chi connectivity index (χ1n) is 13.2. The van der Waals surface area contributed by atoms with Gasteiger partial charge in [0.15, 0.2) is 0 Å². The van der Waals surface area contributed by atoms with Crippen molar-refractivity contribution in [1.82, 2.24) is 14.1 Å². The Morgan fingerprint density at radius 1 is 1.07 bits per heavy atom. The molecule has 40 heavy (non-hydrogen) atoms. The maximum Gasteiger partial charge on any atom is 0.309 e. The van der Waals surface area contributed by atoms with Gasteiger partial charge in [0.1, 0.15) is 10.0 Å². The van der Waals surface area contributed by atoms with Gasteiger partial charge >= 0.3 is 5.97 Å². The third-order valence-corrected chi connectivity index (χ3v) is 11.0. The molecule has 0 saturated carbocycles. The maximum atomic E-state index is 13.3. The van der Waals surface area contributed by atoms with Crippen LogP contribution in [0.15, 0.2) is 52.7 Å². The minimum atomic E-state index is -3.80. The summed E-state index contributed by atoms with van der Waals surface area (Å²) in [6, 6.07) is 14.4. The topological polar surface area (TPSA) is 111 Å². The molecule has 0 unspecified atom stereocenters. The third-order valence-electron chi connectivity index (χ3n) is 7.37. The van der Waals surface area contributed by atoms with Crippen molar-refractivity contribution in [1.29, 1.82) is 5.41 Å². The van der Waals surface area contributed by atoms with Crippen LogP contribution in [0.4, 0.5) is 0 Å². The number of nitrogens with one attached hydrogen (secondary N) is 1. The summed E-state index contributed by atoms with van der Waals surface area (Å²) in [5.74, 6) is -0.104. The van der Waals surface area contributed by atoms with Gasteiger partial charge in [0.25, 0.3) is 10.0 Å². The van der Waals surface area contributed by atoms with E-state index in [1.54, 1.807) is 36.1 Å². The molecule has 12 heteroatoms. The number of halogens is 1. The van der Waals surface area contributed by atoms with Gasteiger partial charge < -0.3 is 14.5 Å². The van der Waals surface area contributed by atoms with Gasteiger partial charge in [0.05, 0.1) is 19.1 Å². The first-order chi connectivity index (χ1) is 19.2. The second-order valence-electron chi connectivity index (χ2n) is 9.96. The number of nitrogens with zero attached hydrogens (tertiary/aromatic N) is 3. The van der Waals surface area contributed by atoms with E-state index in [0.717, 1.165) is 32.5 Å². The number of amides is 1. The van der Waals surface area contributed by atoms with Gasteiger partial charge in [-0.2, -0.15) is 4.31 Å². The number of esters is 1. The summed E-state index contributed by atoms with van der Waals surface area (Å²) >= 11 is 7.20. The van der Waals surface area contributed by atoms with Crippen molar-refractivity contribution in [2.24, 2.45) is 5.92 Å². The molecule has 1 amide bonds. The van der Waals surface area contributed by atoms with Crippen LogP contribution in [-0.4, -0.2) is 79.6 Å². The fourth-order valence-electron chi connectivity index (χ4n) is 5.06. The number of likely N-dealkylation sites (tertiary alicyclic amines) is 1. The molecule has 0 radical (unpaired) electrons. The van der Waals surface area contributed by atoms with Crippen LogP contribution in [0.25, 0.3) is 10.1 Å². The quantitative estimate of drug-likeness (QED) is 0.247. The molecule has 2 fully saturated rings. The van der Waals surface area contributed by atoms with E-state index >= 15 is 0 Å². The van der Waals surface area contributed by atoms with E-state index < -0.39 is 10.0 Å². The minimum Gasteiger partial charge on any atom is -0.466 e. The Morgan fingerprint density at radius 2 is 1.80 bits per heavy atom. The van der Waals surface area contributed by atoms with Gasteiger partial charge in [-0.15, -0.1) is 11.3 Å². The molecule has 1 aromatic heterocycles. The normalized spacial score (nSPS) is 17.4. The highest BCUT2D eigenvalue weighted by Gasteiger charge is 2.34. The Balaban J connectivity index is 1.16. The molecular weight excluding hydrogens is 572 g/mol. The Bertz CT molecular complexity index is 1530. The van der Waals surface area contributed by atoms with Crippen LogP contribution in [0.2, 0.25) is 5.02 Å². The smallest absolute Gasteiger partial charge is 0.309 e. The summed E-state index contributed by atoms with van der Waals surface area (Å²) in [4.78, 5) is 28.6. The van der Waals surface area contributed by atoms with Gasteiger partial charge in [-0.05, 0) is 48.9 Å². The number of carbonyl (C=O) groups excluding carboxylic acids is 2. The summed E-state index contributed by atoms with van der Waals surface area (Å²) in [6.07, 6.45) is 1.33. The van der Waals surface area contributed by atoms with E-state index in [1.165, 1.54) is 4.31 Å². The van der Waals surface area contributed by atoms with E-state index in [2.05, 4.69) is 0 Å². The first kappa shape index (κ1) is 28.5. The largest absolute Gasteiger partial charge is 0.466 e. The van der Waals surface area contributed by atoms with Crippen molar-refractivity contribution in [3.05, 3.63) is 64.7 Å². The van der Waals surface area contributed by atoms with Crippen LogP contribution in [0, 0.1) is 11.3 Å². The number of ether oxygens (including phenoxy) is 1. The molecule has 5 rings (SSSR count). The fourth-order valence-corrected chi connectivity index (χ4v) is 8.27. The number of piperidine rings is 1. The lowest BCUT2D eigenvalue weighted by atomic mass is 9.96. The molecule has 0 atom stereocenters. The number of hydrogen-bond donors (Lipinski definition) is 1. The monoisotopic (exact) mass is 602 g/mol. The van der Waals surface area contributed by atoms with Gasteiger partial charge in [-0.3, -0.25) is 15.0 Å². The summed E-state index contributed by atoms with van der Waals surface area (Å²) in [7, 11) is -3.80. The van der Waals surface area contributed by atoms with Crippen LogP contribution in [-0.2, 0) is 30.9 Å². The van der Waals surface area contributed by atoms with E-state index in [9.17, 15) is 18.0 Å². The van der Waals surface area contributed by atoms with Gasteiger partial charge in [-0.1, -0.05) is 41.9 Å². The summed E-state index contributed by atoms with van der Waals surface area (Å²) < 4.78 is 33.9. The molecule has 9 nitrogen and oxygen atoms in total. The SMILES string of the molecule is CCOC(=O)C1CCN(C(=N)c2ccc(CN3CCN(S(=O)(=O)c4cc5ccc(Cl)cc5s4)CC3=O)cc2)CC1. The number of rotatable bonds is 7. The minimum absolute atomic E-state index is 0.108. The first-order valence-corrected chi connectivity index (χ1v) is 15.9. The molecule has 3 heterocycles. The summed E-state index contributed by atoms with van der Waals surface area (Å²) in [5, 5.41) is 9.95. The van der Waals surface area contributed by atoms with Crippen LogP contribution in [0.1, 0.15) is 30.9 Å². The van der Waals surface area contributed by atoms with E-state index in [4.69, 9.17) is 21.7 Å². The van der Waals surface area contributed by atoms with E-state index in [-0.39, 0.29) is 35.1 Å². The molecule has 1 N–H and O–H groups in total. The lowest BCUT2D eigenvalue weighted by Crippen LogP contribution is -2.51. The van der Waals surface area contributed by atoms with Crippen molar-refractivity contribution >= 4 is 60.8 Å². The number of hydrogen-bond acceptors (Lipinski definition) is 7. The molecule has 2 aliphatic heterocycles.